The van der Waals surface area contributed by atoms with E-state index in [1.54, 1.807) is 6.07 Å². The standard InChI is InChI=1S/C30H35F3N2O/c1-20(2)19-35(28(36)13-10-21-6-5-8-23(16-21)30(31,32)33)24-11-12-26-27-17-22-7-3-4-9-25(22)29(26,18-24)14-15-34-27/h3-10,13,16,20,24,26-27,34H,11-12,14-15,17-19H2,1-2H3/t24-,26-,27+,29+/m0/s1. The Morgan fingerprint density at radius 3 is 2.75 bits per heavy atom. The highest BCUT2D eigenvalue weighted by Crippen LogP contribution is 2.54. The van der Waals surface area contributed by atoms with Crippen LogP contribution in [0.15, 0.2) is 54.6 Å². The third-order valence-corrected chi connectivity index (χ3v) is 8.50. The van der Waals surface area contributed by atoms with Crippen molar-refractivity contribution in [2.24, 2.45) is 11.8 Å². The maximum absolute atomic E-state index is 13.5. The Labute approximate surface area is 211 Å². The van der Waals surface area contributed by atoms with E-state index in [0.29, 0.717) is 30.0 Å². The second kappa shape index (κ2) is 9.70. The van der Waals surface area contributed by atoms with Gasteiger partial charge in [0, 0.05) is 30.1 Å². The first-order chi connectivity index (χ1) is 17.2. The van der Waals surface area contributed by atoms with Crippen LogP contribution in [0, 0.1) is 11.8 Å². The number of halogens is 3. The van der Waals surface area contributed by atoms with Crippen LogP contribution in [0.3, 0.4) is 0 Å². The number of benzene rings is 2. The smallest absolute Gasteiger partial charge is 0.336 e. The van der Waals surface area contributed by atoms with Crippen molar-refractivity contribution in [3.05, 3.63) is 76.9 Å². The fourth-order valence-corrected chi connectivity index (χ4v) is 7.06. The summed E-state index contributed by atoms with van der Waals surface area (Å²) < 4.78 is 39.4. The number of hydrogen-bond acceptors (Lipinski definition) is 2. The number of amides is 1. The van der Waals surface area contributed by atoms with Gasteiger partial charge in [0.2, 0.25) is 5.91 Å². The predicted molar refractivity (Wildman–Crippen MR) is 136 cm³/mol. The lowest BCUT2D eigenvalue weighted by Crippen LogP contribution is -2.62. The number of hydrogen-bond donors (Lipinski definition) is 1. The molecule has 6 heteroatoms. The van der Waals surface area contributed by atoms with E-state index in [1.807, 2.05) is 4.90 Å². The van der Waals surface area contributed by atoms with Gasteiger partial charge in [-0.3, -0.25) is 4.79 Å². The van der Waals surface area contributed by atoms with Crippen LogP contribution in [0.1, 0.15) is 61.8 Å². The van der Waals surface area contributed by atoms with Gasteiger partial charge in [-0.1, -0.05) is 50.2 Å². The second-order valence-corrected chi connectivity index (χ2v) is 11.2. The van der Waals surface area contributed by atoms with Crippen molar-refractivity contribution >= 4 is 12.0 Å². The van der Waals surface area contributed by atoms with Crippen molar-refractivity contribution < 1.29 is 18.0 Å². The first-order valence-corrected chi connectivity index (χ1v) is 13.1. The lowest BCUT2D eigenvalue weighted by atomic mass is 9.52. The van der Waals surface area contributed by atoms with E-state index in [4.69, 9.17) is 0 Å². The van der Waals surface area contributed by atoms with E-state index in [-0.39, 0.29) is 17.4 Å². The molecular weight excluding hydrogens is 461 g/mol. The molecule has 0 aromatic heterocycles. The number of piperidine rings is 1. The highest BCUT2D eigenvalue weighted by molar-refractivity contribution is 5.92. The SMILES string of the molecule is CC(C)CN(C(=O)C=Cc1cccc(C(F)(F)F)c1)[C@H]1CC[C@H]2[C@H]3Cc4ccccc4[C@@]2(CCN3)C1. The lowest BCUT2D eigenvalue weighted by Gasteiger charge is -2.58. The Hall–Kier alpha value is -2.60. The maximum atomic E-state index is 13.5. The molecule has 2 aromatic carbocycles. The summed E-state index contributed by atoms with van der Waals surface area (Å²) in [6, 6.07) is 14.6. The second-order valence-electron chi connectivity index (χ2n) is 11.2. The molecule has 2 bridgehead atoms. The zero-order chi connectivity index (χ0) is 25.5. The van der Waals surface area contributed by atoms with Crippen LogP contribution in [-0.4, -0.2) is 36.0 Å². The van der Waals surface area contributed by atoms with Gasteiger partial charge in [-0.15, -0.1) is 0 Å². The third kappa shape index (κ3) is 4.72. The Bertz CT molecular complexity index is 1140. The number of carbonyl (C=O) groups is 1. The van der Waals surface area contributed by atoms with Gasteiger partial charge < -0.3 is 10.2 Å². The Balaban J connectivity index is 1.41. The van der Waals surface area contributed by atoms with E-state index in [1.165, 1.54) is 29.3 Å². The van der Waals surface area contributed by atoms with Gasteiger partial charge in [-0.2, -0.15) is 13.2 Å². The third-order valence-electron chi connectivity index (χ3n) is 8.50. The molecule has 1 saturated heterocycles. The Morgan fingerprint density at radius 1 is 1.17 bits per heavy atom. The molecule has 3 nitrogen and oxygen atoms in total. The van der Waals surface area contributed by atoms with E-state index in [2.05, 4.69) is 43.4 Å². The summed E-state index contributed by atoms with van der Waals surface area (Å²) in [4.78, 5) is 15.5. The van der Waals surface area contributed by atoms with Gasteiger partial charge in [0.15, 0.2) is 0 Å². The van der Waals surface area contributed by atoms with Gasteiger partial charge in [0.1, 0.15) is 0 Å². The molecule has 1 aliphatic heterocycles. The average Bonchev–Trinajstić information content (AvgIpc) is 2.85. The number of fused-ring (bicyclic) bond motifs is 1. The van der Waals surface area contributed by atoms with Crippen molar-refractivity contribution in [2.75, 3.05) is 13.1 Å². The molecular formula is C30H35F3N2O. The quantitative estimate of drug-likeness (QED) is 0.498. The summed E-state index contributed by atoms with van der Waals surface area (Å²) in [7, 11) is 0. The molecule has 2 aliphatic carbocycles. The maximum Gasteiger partial charge on any atom is 0.416 e. The van der Waals surface area contributed by atoms with Crippen LogP contribution in [-0.2, 0) is 22.8 Å². The Kier molecular flexibility index (Phi) is 6.75. The minimum absolute atomic E-state index is 0.0773. The molecule has 4 atom stereocenters. The van der Waals surface area contributed by atoms with Crippen LogP contribution < -0.4 is 5.32 Å². The largest absolute Gasteiger partial charge is 0.416 e. The Morgan fingerprint density at radius 2 is 1.97 bits per heavy atom. The van der Waals surface area contributed by atoms with Crippen molar-refractivity contribution in [1.82, 2.24) is 10.2 Å². The van der Waals surface area contributed by atoms with Crippen LogP contribution in [0.25, 0.3) is 6.08 Å². The average molecular weight is 497 g/mol. The van der Waals surface area contributed by atoms with Crippen LogP contribution in [0.2, 0.25) is 0 Å². The lowest BCUT2D eigenvalue weighted by molar-refractivity contribution is -0.137. The zero-order valence-electron chi connectivity index (χ0n) is 21.0. The highest BCUT2D eigenvalue weighted by atomic mass is 19.4. The minimum Gasteiger partial charge on any atom is -0.336 e. The molecule has 0 spiro atoms. The normalized spacial score (nSPS) is 27.6. The van der Waals surface area contributed by atoms with Crippen molar-refractivity contribution in [1.29, 1.82) is 0 Å². The molecule has 3 aliphatic rings. The first kappa shape index (κ1) is 25.1. The number of carbonyl (C=O) groups excluding carboxylic acids is 1. The van der Waals surface area contributed by atoms with Crippen LogP contribution in [0.5, 0.6) is 0 Å². The van der Waals surface area contributed by atoms with Gasteiger partial charge in [0.05, 0.1) is 5.56 Å². The molecule has 36 heavy (non-hydrogen) atoms. The van der Waals surface area contributed by atoms with Gasteiger partial charge in [-0.05, 0) is 85.4 Å². The molecule has 0 unspecified atom stereocenters. The van der Waals surface area contributed by atoms with Gasteiger partial charge in [0.25, 0.3) is 0 Å². The van der Waals surface area contributed by atoms with Crippen LogP contribution >= 0.6 is 0 Å². The molecule has 1 amide bonds. The fourth-order valence-electron chi connectivity index (χ4n) is 7.06. The minimum atomic E-state index is -4.40. The highest BCUT2D eigenvalue weighted by Gasteiger charge is 2.54. The van der Waals surface area contributed by atoms with Gasteiger partial charge in [-0.25, -0.2) is 0 Å². The zero-order valence-corrected chi connectivity index (χ0v) is 21.0. The van der Waals surface area contributed by atoms with E-state index in [9.17, 15) is 18.0 Å². The molecule has 0 radical (unpaired) electrons. The van der Waals surface area contributed by atoms with E-state index in [0.717, 1.165) is 50.8 Å². The summed E-state index contributed by atoms with van der Waals surface area (Å²) in [6.07, 6.45) is 3.71. The van der Waals surface area contributed by atoms with E-state index >= 15 is 0 Å². The fraction of sp³-hybridized carbons (Fsp3) is 0.500. The van der Waals surface area contributed by atoms with E-state index < -0.39 is 11.7 Å². The molecule has 1 heterocycles. The molecule has 1 N–H and O–H groups in total. The molecule has 192 valence electrons. The van der Waals surface area contributed by atoms with Crippen LogP contribution in [0.4, 0.5) is 13.2 Å². The summed E-state index contributed by atoms with van der Waals surface area (Å²) in [5.41, 5.74) is 2.65. The summed E-state index contributed by atoms with van der Waals surface area (Å²) in [5.74, 6) is 0.759. The summed E-state index contributed by atoms with van der Waals surface area (Å²) >= 11 is 0. The molecule has 2 fully saturated rings. The summed E-state index contributed by atoms with van der Waals surface area (Å²) in [5, 5.41) is 3.77. The number of rotatable bonds is 5. The summed E-state index contributed by atoms with van der Waals surface area (Å²) in [6.45, 7) is 5.85. The van der Waals surface area contributed by atoms with Gasteiger partial charge >= 0.3 is 6.18 Å². The van der Waals surface area contributed by atoms with Crippen molar-refractivity contribution in [2.45, 2.75) is 69.6 Å². The number of nitrogens with zero attached hydrogens (tertiary/aromatic N) is 1. The number of alkyl halides is 3. The van der Waals surface area contributed by atoms with Crippen molar-refractivity contribution in [3.8, 4) is 0 Å². The number of nitrogens with one attached hydrogen (secondary N) is 1. The molecule has 2 aromatic rings. The molecule has 1 saturated carbocycles. The predicted octanol–water partition coefficient (Wildman–Crippen LogP) is 6.23. The molecule has 5 rings (SSSR count). The monoisotopic (exact) mass is 496 g/mol. The first-order valence-electron chi connectivity index (χ1n) is 13.1. The topological polar surface area (TPSA) is 32.3 Å². The van der Waals surface area contributed by atoms with Crippen molar-refractivity contribution in [3.63, 3.8) is 0 Å².